The molecule has 0 spiro atoms. The lowest BCUT2D eigenvalue weighted by atomic mass is 10.0. The number of ether oxygens (including phenoxy) is 1. The molecule has 4 heteroatoms. The number of benzene rings is 2. The molecule has 1 unspecified atom stereocenters. The summed E-state index contributed by atoms with van der Waals surface area (Å²) in [6, 6.07) is 14.0. The minimum Gasteiger partial charge on any atom is -0.493 e. The molecule has 1 aliphatic rings. The van der Waals surface area contributed by atoms with Crippen LogP contribution < -0.4 is 10.1 Å². The minimum atomic E-state index is -0.0120. The second-order valence-corrected chi connectivity index (χ2v) is 6.76. The lowest BCUT2D eigenvalue weighted by Gasteiger charge is -2.15. The first-order valence-electron chi connectivity index (χ1n) is 7.43. The predicted octanol–water partition coefficient (Wildman–Crippen LogP) is 3.59. The van der Waals surface area contributed by atoms with Crippen LogP contribution in [0.3, 0.4) is 0 Å². The van der Waals surface area contributed by atoms with Crippen molar-refractivity contribution in [1.82, 2.24) is 5.32 Å². The van der Waals surface area contributed by atoms with Crippen molar-refractivity contribution < 1.29 is 9.53 Å². The normalized spacial score (nSPS) is 14.1. The van der Waals surface area contributed by atoms with Crippen LogP contribution in [0.15, 0.2) is 42.5 Å². The molecule has 3 rings (SSSR count). The van der Waals surface area contributed by atoms with Crippen LogP contribution in [0.25, 0.3) is 0 Å². The molecule has 0 fully saturated rings. The zero-order valence-corrected chi connectivity index (χ0v) is 14.6. The van der Waals surface area contributed by atoms with E-state index in [4.69, 9.17) is 4.74 Å². The van der Waals surface area contributed by atoms with E-state index in [1.165, 1.54) is 11.1 Å². The number of halogens is 1. The van der Waals surface area contributed by atoms with Crippen LogP contribution in [0, 0.1) is 3.57 Å². The highest BCUT2D eigenvalue weighted by atomic mass is 127. The first kappa shape index (κ1) is 15.3. The maximum atomic E-state index is 12.3. The average Bonchev–Trinajstić information content (AvgIpc) is 2.95. The van der Waals surface area contributed by atoms with Crippen molar-refractivity contribution in [2.24, 2.45) is 0 Å². The number of fused-ring (bicyclic) bond motifs is 1. The molecule has 1 amide bonds. The summed E-state index contributed by atoms with van der Waals surface area (Å²) in [6.45, 7) is 2.81. The number of carbonyl (C=O) groups excluding carboxylic acids is 1. The van der Waals surface area contributed by atoms with Crippen molar-refractivity contribution in [3.8, 4) is 5.75 Å². The molecule has 22 heavy (non-hydrogen) atoms. The first-order valence-corrected chi connectivity index (χ1v) is 8.51. The monoisotopic (exact) mass is 407 g/mol. The van der Waals surface area contributed by atoms with E-state index in [0.29, 0.717) is 0 Å². The predicted molar refractivity (Wildman–Crippen MR) is 95.4 cm³/mol. The third kappa shape index (κ3) is 3.43. The van der Waals surface area contributed by atoms with E-state index in [1.54, 1.807) is 0 Å². The summed E-state index contributed by atoms with van der Waals surface area (Å²) in [5.74, 6) is 0.987. The molecule has 0 saturated carbocycles. The molecule has 0 aliphatic carbocycles. The molecule has 0 saturated heterocycles. The van der Waals surface area contributed by atoms with Gasteiger partial charge in [-0.1, -0.05) is 24.3 Å². The fourth-order valence-electron chi connectivity index (χ4n) is 2.72. The van der Waals surface area contributed by atoms with Crippen LogP contribution in [0.2, 0.25) is 0 Å². The van der Waals surface area contributed by atoms with Crippen LogP contribution in [-0.2, 0) is 12.8 Å². The molecule has 2 aromatic carbocycles. The lowest BCUT2D eigenvalue weighted by molar-refractivity contribution is 0.0939. The van der Waals surface area contributed by atoms with E-state index < -0.39 is 0 Å². The van der Waals surface area contributed by atoms with Gasteiger partial charge in [-0.3, -0.25) is 4.79 Å². The van der Waals surface area contributed by atoms with Crippen molar-refractivity contribution in [2.75, 3.05) is 6.61 Å². The summed E-state index contributed by atoms with van der Waals surface area (Å²) in [4.78, 5) is 12.3. The summed E-state index contributed by atoms with van der Waals surface area (Å²) in [6.07, 6.45) is 1.80. The maximum Gasteiger partial charge on any atom is 0.252 e. The van der Waals surface area contributed by atoms with Gasteiger partial charge in [-0.25, -0.2) is 0 Å². The SMILES string of the molecule is CC(Cc1ccc2c(c1)CCO2)NC(=O)c1ccccc1I. The minimum absolute atomic E-state index is 0.0120. The molecular weight excluding hydrogens is 389 g/mol. The second-order valence-electron chi connectivity index (χ2n) is 5.60. The third-order valence-corrected chi connectivity index (χ3v) is 4.73. The van der Waals surface area contributed by atoms with Gasteiger partial charge in [0.1, 0.15) is 5.75 Å². The van der Waals surface area contributed by atoms with Crippen LogP contribution >= 0.6 is 22.6 Å². The summed E-state index contributed by atoms with van der Waals surface area (Å²) in [5.41, 5.74) is 3.24. The Bertz CT molecular complexity index is 699. The van der Waals surface area contributed by atoms with Gasteiger partial charge in [-0.15, -0.1) is 0 Å². The Balaban J connectivity index is 1.64. The van der Waals surface area contributed by atoms with Gasteiger partial charge >= 0.3 is 0 Å². The third-order valence-electron chi connectivity index (χ3n) is 3.79. The molecule has 1 heterocycles. The second kappa shape index (κ2) is 6.69. The zero-order valence-electron chi connectivity index (χ0n) is 12.4. The molecule has 3 nitrogen and oxygen atoms in total. The van der Waals surface area contributed by atoms with E-state index in [1.807, 2.05) is 37.3 Å². The highest BCUT2D eigenvalue weighted by Crippen LogP contribution is 2.26. The molecule has 1 aliphatic heterocycles. The Morgan fingerprint density at radius 1 is 1.32 bits per heavy atom. The number of carbonyl (C=O) groups is 1. The quantitative estimate of drug-likeness (QED) is 0.787. The number of rotatable bonds is 4. The fourth-order valence-corrected chi connectivity index (χ4v) is 3.35. The Morgan fingerprint density at radius 3 is 2.95 bits per heavy atom. The average molecular weight is 407 g/mol. The summed E-state index contributed by atoms with van der Waals surface area (Å²) in [5, 5.41) is 3.08. The van der Waals surface area contributed by atoms with Gasteiger partial charge in [0.2, 0.25) is 0 Å². The molecule has 0 aromatic heterocycles. The van der Waals surface area contributed by atoms with Crippen molar-refractivity contribution in [3.05, 3.63) is 62.7 Å². The Kier molecular flexibility index (Phi) is 4.66. The van der Waals surface area contributed by atoms with Crippen molar-refractivity contribution >= 4 is 28.5 Å². The largest absolute Gasteiger partial charge is 0.493 e. The van der Waals surface area contributed by atoms with Crippen LogP contribution in [0.4, 0.5) is 0 Å². The number of hydrogen-bond acceptors (Lipinski definition) is 2. The van der Waals surface area contributed by atoms with Crippen molar-refractivity contribution in [2.45, 2.75) is 25.8 Å². The molecule has 2 aromatic rings. The molecular formula is C18H18INO2. The molecule has 1 atom stereocenters. The van der Waals surface area contributed by atoms with E-state index in [9.17, 15) is 4.79 Å². The van der Waals surface area contributed by atoms with Gasteiger partial charge in [-0.05, 0) is 65.3 Å². The molecule has 114 valence electrons. The number of hydrogen-bond donors (Lipinski definition) is 1. The van der Waals surface area contributed by atoms with Crippen molar-refractivity contribution in [1.29, 1.82) is 0 Å². The highest BCUT2D eigenvalue weighted by Gasteiger charge is 2.15. The van der Waals surface area contributed by atoms with Crippen LogP contribution in [0.5, 0.6) is 5.75 Å². The van der Waals surface area contributed by atoms with Gasteiger partial charge in [0.05, 0.1) is 12.2 Å². The van der Waals surface area contributed by atoms with Gasteiger partial charge in [0, 0.05) is 16.0 Å². The van der Waals surface area contributed by atoms with Crippen LogP contribution in [-0.4, -0.2) is 18.6 Å². The van der Waals surface area contributed by atoms with E-state index in [0.717, 1.165) is 34.3 Å². The van der Waals surface area contributed by atoms with Gasteiger partial charge in [-0.2, -0.15) is 0 Å². The Morgan fingerprint density at radius 2 is 2.14 bits per heavy atom. The molecule has 0 radical (unpaired) electrons. The Labute approximate surface area is 144 Å². The van der Waals surface area contributed by atoms with E-state index in [2.05, 4.69) is 40.0 Å². The zero-order chi connectivity index (χ0) is 15.5. The first-order chi connectivity index (χ1) is 10.6. The van der Waals surface area contributed by atoms with Gasteiger partial charge in [0.15, 0.2) is 0 Å². The smallest absolute Gasteiger partial charge is 0.252 e. The van der Waals surface area contributed by atoms with E-state index in [-0.39, 0.29) is 11.9 Å². The van der Waals surface area contributed by atoms with Gasteiger partial charge in [0.25, 0.3) is 5.91 Å². The molecule has 1 N–H and O–H groups in total. The number of amides is 1. The maximum absolute atomic E-state index is 12.3. The highest BCUT2D eigenvalue weighted by molar-refractivity contribution is 14.1. The van der Waals surface area contributed by atoms with Crippen molar-refractivity contribution in [3.63, 3.8) is 0 Å². The summed E-state index contributed by atoms with van der Waals surface area (Å²) in [7, 11) is 0. The van der Waals surface area contributed by atoms with Crippen LogP contribution in [0.1, 0.15) is 28.4 Å². The fraction of sp³-hybridized carbons (Fsp3) is 0.278. The summed E-state index contributed by atoms with van der Waals surface area (Å²) >= 11 is 2.19. The number of nitrogens with one attached hydrogen (secondary N) is 1. The topological polar surface area (TPSA) is 38.3 Å². The molecule has 0 bridgehead atoms. The van der Waals surface area contributed by atoms with Gasteiger partial charge < -0.3 is 10.1 Å². The standard InChI is InChI=1S/C18H18INO2/c1-12(20-18(21)15-4-2-3-5-16(15)19)10-13-6-7-17-14(11-13)8-9-22-17/h2-7,11-12H,8-10H2,1H3,(H,20,21). The van der Waals surface area contributed by atoms with E-state index >= 15 is 0 Å². The summed E-state index contributed by atoms with van der Waals surface area (Å²) < 4.78 is 6.50. The Hall–Kier alpha value is -1.56. The lowest BCUT2D eigenvalue weighted by Crippen LogP contribution is -2.34.